The lowest BCUT2D eigenvalue weighted by Crippen LogP contribution is -2.26. The molecule has 0 unspecified atom stereocenters. The summed E-state index contributed by atoms with van der Waals surface area (Å²) in [7, 11) is 0. The Morgan fingerprint density at radius 1 is 1.00 bits per heavy atom. The van der Waals surface area contributed by atoms with Gasteiger partial charge < -0.3 is 21.0 Å². The van der Waals surface area contributed by atoms with Crippen molar-refractivity contribution in [2.75, 3.05) is 5.73 Å². The summed E-state index contributed by atoms with van der Waals surface area (Å²) in [6, 6.07) is 9.77. The van der Waals surface area contributed by atoms with Crippen LogP contribution < -0.4 is 16.6 Å². The molecule has 0 aliphatic carbocycles. The summed E-state index contributed by atoms with van der Waals surface area (Å²) in [6.07, 6.45) is 3.12. The van der Waals surface area contributed by atoms with Crippen LogP contribution in [-0.4, -0.2) is 25.8 Å². The lowest BCUT2D eigenvalue weighted by atomic mass is 10.1. The highest BCUT2D eigenvalue weighted by molar-refractivity contribution is 5.97. The molecule has 4 rings (SSSR count). The monoisotopic (exact) mass is 422 g/mol. The summed E-state index contributed by atoms with van der Waals surface area (Å²) in [5, 5.41) is 2.41. The highest BCUT2D eigenvalue weighted by Gasteiger charge is 2.21. The third kappa shape index (κ3) is 4.04. The molecular weight excluding hydrogens is 406 g/mol. The minimum Gasteiger partial charge on any atom is -0.382 e. The van der Waals surface area contributed by atoms with Gasteiger partial charge in [0.2, 0.25) is 5.56 Å². The van der Waals surface area contributed by atoms with Crippen molar-refractivity contribution in [2.45, 2.75) is 6.54 Å². The quantitative estimate of drug-likeness (QED) is 0.393. The predicted molar refractivity (Wildman–Crippen MR) is 110 cm³/mol. The van der Waals surface area contributed by atoms with Crippen LogP contribution in [0.2, 0.25) is 0 Å². The summed E-state index contributed by atoms with van der Waals surface area (Å²) in [5.74, 6) is -2.48. The molecule has 0 saturated carbocycles. The molecule has 0 bridgehead atoms. The third-order valence-electron chi connectivity index (χ3n) is 4.54. The number of nitrogens with one attached hydrogen (secondary N) is 3. The molecule has 8 nitrogen and oxygen atoms in total. The van der Waals surface area contributed by atoms with Crippen LogP contribution in [0.3, 0.4) is 0 Å². The van der Waals surface area contributed by atoms with E-state index in [-0.39, 0.29) is 28.3 Å². The van der Waals surface area contributed by atoms with E-state index < -0.39 is 24.1 Å². The van der Waals surface area contributed by atoms with Crippen LogP contribution in [0, 0.1) is 11.6 Å². The lowest BCUT2D eigenvalue weighted by Gasteiger charge is -2.12. The molecule has 5 N–H and O–H groups in total. The minimum atomic E-state index is -0.782. The van der Waals surface area contributed by atoms with Crippen molar-refractivity contribution in [3.63, 3.8) is 0 Å². The first kappa shape index (κ1) is 20.0. The lowest BCUT2D eigenvalue weighted by molar-refractivity contribution is 0.0946. The fraction of sp³-hybridized carbons (Fsp3) is 0.0476. The molecule has 0 atom stereocenters. The zero-order chi connectivity index (χ0) is 22.0. The summed E-state index contributed by atoms with van der Waals surface area (Å²) >= 11 is 0. The van der Waals surface area contributed by atoms with E-state index in [1.54, 1.807) is 18.3 Å². The molecule has 0 saturated heterocycles. The molecule has 0 aliphatic heterocycles. The van der Waals surface area contributed by atoms with Gasteiger partial charge in [-0.1, -0.05) is 6.07 Å². The van der Waals surface area contributed by atoms with E-state index in [2.05, 4.69) is 25.3 Å². The normalized spacial score (nSPS) is 10.8. The molecule has 0 aliphatic rings. The number of carbonyl (C=O) groups is 1. The van der Waals surface area contributed by atoms with Crippen molar-refractivity contribution in [3.8, 4) is 22.6 Å². The van der Waals surface area contributed by atoms with Gasteiger partial charge in [0.15, 0.2) is 11.5 Å². The maximum atomic E-state index is 13.8. The molecule has 3 aromatic heterocycles. The van der Waals surface area contributed by atoms with Crippen molar-refractivity contribution < 1.29 is 13.6 Å². The number of nitrogens with two attached hydrogens (primary N) is 1. The number of pyridine rings is 1. The first-order valence-corrected chi connectivity index (χ1v) is 9.15. The Hall–Kier alpha value is -4.34. The van der Waals surface area contributed by atoms with E-state index in [4.69, 9.17) is 5.73 Å². The number of amides is 1. The van der Waals surface area contributed by atoms with Crippen LogP contribution >= 0.6 is 0 Å². The maximum Gasteiger partial charge on any atom is 0.274 e. The first-order chi connectivity index (χ1) is 14.9. The van der Waals surface area contributed by atoms with E-state index in [1.807, 2.05) is 0 Å². The summed E-state index contributed by atoms with van der Waals surface area (Å²) in [6.45, 7) is -0.398. The molecule has 156 valence electrons. The Balaban J connectivity index is 1.73. The van der Waals surface area contributed by atoms with E-state index in [1.165, 1.54) is 24.4 Å². The minimum absolute atomic E-state index is 0.163. The SMILES string of the molecule is Nc1nc(-c2ccc[nH]2)c(-c2ccc(=O)[nH]c2)nc1C(=O)NCc1c(F)cccc1F. The molecule has 3 heterocycles. The van der Waals surface area contributed by atoms with Crippen molar-refractivity contribution in [2.24, 2.45) is 0 Å². The molecule has 1 aromatic carbocycles. The number of aromatic nitrogens is 4. The number of nitrogens with zero attached hydrogens (tertiary/aromatic N) is 2. The van der Waals surface area contributed by atoms with Crippen molar-refractivity contribution in [3.05, 3.63) is 88.1 Å². The van der Waals surface area contributed by atoms with E-state index in [0.717, 1.165) is 12.1 Å². The summed E-state index contributed by atoms with van der Waals surface area (Å²) in [5.41, 5.74) is 6.91. The number of anilines is 1. The molecular formula is C21H16F2N6O2. The van der Waals surface area contributed by atoms with Crippen molar-refractivity contribution >= 4 is 11.7 Å². The fourth-order valence-electron chi connectivity index (χ4n) is 2.99. The first-order valence-electron chi connectivity index (χ1n) is 9.15. The highest BCUT2D eigenvalue weighted by atomic mass is 19.1. The Kier molecular flexibility index (Phi) is 5.27. The number of benzene rings is 1. The molecule has 4 aromatic rings. The third-order valence-corrected chi connectivity index (χ3v) is 4.54. The Morgan fingerprint density at radius 2 is 1.77 bits per heavy atom. The number of aromatic amines is 2. The Bertz CT molecular complexity index is 1280. The van der Waals surface area contributed by atoms with Crippen molar-refractivity contribution in [1.29, 1.82) is 0 Å². The average molecular weight is 422 g/mol. The van der Waals surface area contributed by atoms with Gasteiger partial charge in [-0.25, -0.2) is 18.7 Å². The highest BCUT2D eigenvalue weighted by Crippen LogP contribution is 2.29. The molecule has 10 heteroatoms. The van der Waals surface area contributed by atoms with Crippen LogP contribution in [0.5, 0.6) is 0 Å². The zero-order valence-electron chi connectivity index (χ0n) is 15.9. The number of carbonyl (C=O) groups excluding carboxylic acids is 1. The Morgan fingerprint density at radius 3 is 2.42 bits per heavy atom. The fourth-order valence-corrected chi connectivity index (χ4v) is 2.99. The van der Waals surface area contributed by atoms with E-state index >= 15 is 0 Å². The summed E-state index contributed by atoms with van der Waals surface area (Å²) in [4.78, 5) is 38.3. The number of rotatable bonds is 5. The second-order valence-electron chi connectivity index (χ2n) is 6.56. The topological polar surface area (TPSA) is 130 Å². The van der Waals surface area contributed by atoms with Gasteiger partial charge in [-0.15, -0.1) is 0 Å². The van der Waals surface area contributed by atoms with Gasteiger partial charge in [-0.3, -0.25) is 9.59 Å². The zero-order valence-corrected chi connectivity index (χ0v) is 15.9. The van der Waals surface area contributed by atoms with Gasteiger partial charge in [-0.2, -0.15) is 0 Å². The van der Waals surface area contributed by atoms with Gasteiger partial charge in [0.25, 0.3) is 5.91 Å². The summed E-state index contributed by atoms with van der Waals surface area (Å²) < 4.78 is 27.7. The molecule has 1 amide bonds. The number of hydrogen-bond acceptors (Lipinski definition) is 5. The number of halogens is 2. The maximum absolute atomic E-state index is 13.8. The smallest absolute Gasteiger partial charge is 0.274 e. The second-order valence-corrected chi connectivity index (χ2v) is 6.56. The number of H-pyrrole nitrogens is 2. The van der Waals surface area contributed by atoms with Crippen LogP contribution in [0.15, 0.2) is 59.7 Å². The standard InChI is InChI=1S/C21H16F2N6O2/c22-13-3-1-4-14(23)12(13)10-27-21(31)19-20(24)29-18(15-5-2-8-25-15)17(28-19)11-6-7-16(30)26-9-11/h1-9,25H,10H2,(H2,24,29)(H,26,30)(H,27,31). The van der Waals surface area contributed by atoms with Gasteiger partial charge in [-0.05, 0) is 30.3 Å². The van der Waals surface area contributed by atoms with Crippen LogP contribution in [0.4, 0.5) is 14.6 Å². The van der Waals surface area contributed by atoms with E-state index in [9.17, 15) is 18.4 Å². The molecule has 0 fully saturated rings. The molecule has 0 radical (unpaired) electrons. The molecule has 31 heavy (non-hydrogen) atoms. The predicted octanol–water partition coefficient (Wildman–Crippen LogP) is 2.62. The second kappa shape index (κ2) is 8.19. The Labute approximate surface area is 174 Å². The van der Waals surface area contributed by atoms with Crippen LogP contribution in [0.25, 0.3) is 22.6 Å². The van der Waals surface area contributed by atoms with Crippen molar-refractivity contribution in [1.82, 2.24) is 25.3 Å². The van der Waals surface area contributed by atoms with Gasteiger partial charge in [0, 0.05) is 36.1 Å². The van der Waals surface area contributed by atoms with E-state index in [0.29, 0.717) is 17.0 Å². The average Bonchev–Trinajstić information content (AvgIpc) is 3.28. The van der Waals surface area contributed by atoms with Crippen LogP contribution in [-0.2, 0) is 6.54 Å². The number of nitrogen functional groups attached to an aromatic ring is 1. The van der Waals surface area contributed by atoms with Gasteiger partial charge in [0.05, 0.1) is 5.69 Å². The van der Waals surface area contributed by atoms with Gasteiger partial charge >= 0.3 is 0 Å². The largest absolute Gasteiger partial charge is 0.382 e. The van der Waals surface area contributed by atoms with Crippen LogP contribution in [0.1, 0.15) is 16.1 Å². The van der Waals surface area contributed by atoms with Gasteiger partial charge in [0.1, 0.15) is 23.0 Å². The molecule has 0 spiro atoms. The number of hydrogen-bond donors (Lipinski definition) is 4.